The zero-order chi connectivity index (χ0) is 26.9. The first-order valence-electron chi connectivity index (χ1n) is 10.4. The Morgan fingerprint density at radius 1 is 0.973 bits per heavy atom. The monoisotopic (exact) mass is 551 g/mol. The van der Waals surface area contributed by atoms with Gasteiger partial charge in [-0.2, -0.15) is 0 Å². The molecule has 0 aromatic heterocycles. The van der Waals surface area contributed by atoms with Crippen LogP contribution in [0, 0.1) is 27.6 Å². The Balaban J connectivity index is 1.78. The molecule has 37 heavy (non-hydrogen) atoms. The molecule has 190 valence electrons. The number of carbonyl (C=O) groups excluding carboxylic acids is 2. The lowest BCUT2D eigenvalue weighted by atomic mass is 10.0. The Morgan fingerprint density at radius 2 is 1.68 bits per heavy atom. The molecule has 0 radical (unpaired) electrons. The Bertz CT molecular complexity index is 1650. The van der Waals surface area contributed by atoms with Crippen LogP contribution < -0.4 is 9.80 Å². The van der Waals surface area contributed by atoms with Crippen LogP contribution in [-0.2, 0) is 30.8 Å². The zero-order valence-corrected chi connectivity index (χ0v) is 19.9. The molecule has 14 heteroatoms. The number of rotatable bonds is 4. The predicted octanol–water partition coefficient (Wildman–Crippen LogP) is 3.83. The number of nitrogens with zero attached hydrogens (tertiary/aromatic N) is 3. The summed E-state index contributed by atoms with van der Waals surface area (Å²) >= 11 is 5.86. The molecule has 3 aromatic rings. The molecule has 3 aromatic carbocycles. The van der Waals surface area contributed by atoms with Crippen molar-refractivity contribution in [2.75, 3.05) is 15.6 Å². The first kappa shape index (κ1) is 24.7. The van der Waals surface area contributed by atoms with Crippen molar-refractivity contribution in [2.24, 2.45) is 0 Å². The molecule has 0 N–H and O–H groups in total. The van der Waals surface area contributed by atoms with E-state index in [1.807, 2.05) is 0 Å². The highest BCUT2D eigenvalue weighted by molar-refractivity contribution is 7.94. The molecule has 0 unspecified atom stereocenters. The standard InChI is InChI=1S/C23H13ClF3N3O6S/c24-16-9-13(2-5-17(16)25)29-21(31)11-37(35,36)23(29)15-8-14(30(33)34)3-6-20(15)28(22(23)32)10-12-1-4-18(26)19(27)7-12/h1-9H,10-11H2/t23-/m0/s1. The normalized spacial score (nSPS) is 20.1. The SMILES string of the molecule is O=C1CS(=O)(=O)[C@@]2(C(=O)N(Cc3ccc(F)c(F)c3)c3ccc([N+](=O)[O-])cc32)N1c1ccc(F)c(Cl)c1. The Kier molecular flexibility index (Phi) is 5.53. The summed E-state index contributed by atoms with van der Waals surface area (Å²) in [5.74, 6) is -6.60. The Hall–Kier alpha value is -3.97. The van der Waals surface area contributed by atoms with Gasteiger partial charge in [0.1, 0.15) is 11.6 Å². The smallest absolute Gasteiger partial charge is 0.274 e. The molecule has 5 rings (SSSR count). The number of nitro groups is 1. The van der Waals surface area contributed by atoms with Crippen molar-refractivity contribution in [1.29, 1.82) is 0 Å². The number of hydrogen-bond donors (Lipinski definition) is 0. The van der Waals surface area contributed by atoms with Gasteiger partial charge in [-0.15, -0.1) is 0 Å². The largest absolute Gasteiger partial charge is 0.304 e. The van der Waals surface area contributed by atoms with Gasteiger partial charge < -0.3 is 4.90 Å². The minimum atomic E-state index is -4.71. The fourth-order valence-corrected chi connectivity index (χ4v) is 6.84. The number of benzene rings is 3. The molecule has 1 saturated heterocycles. The molecule has 0 saturated carbocycles. The number of non-ortho nitro benzene ring substituents is 1. The van der Waals surface area contributed by atoms with Crippen molar-refractivity contribution >= 4 is 50.3 Å². The number of anilines is 2. The maximum absolute atomic E-state index is 14.0. The van der Waals surface area contributed by atoms with Crippen molar-refractivity contribution in [1.82, 2.24) is 0 Å². The maximum Gasteiger partial charge on any atom is 0.274 e. The first-order valence-corrected chi connectivity index (χ1v) is 12.5. The van der Waals surface area contributed by atoms with E-state index in [1.165, 1.54) is 6.07 Å². The maximum atomic E-state index is 14.0. The number of nitro benzene ring substituents is 1. The first-order chi connectivity index (χ1) is 17.4. The van der Waals surface area contributed by atoms with E-state index in [9.17, 15) is 41.3 Å². The van der Waals surface area contributed by atoms with Gasteiger partial charge in [-0.25, -0.2) is 21.6 Å². The van der Waals surface area contributed by atoms with Gasteiger partial charge in [0.05, 0.1) is 22.2 Å². The highest BCUT2D eigenvalue weighted by atomic mass is 35.5. The molecule has 2 aliphatic heterocycles. The van der Waals surface area contributed by atoms with Gasteiger partial charge in [0, 0.05) is 23.4 Å². The second kappa shape index (κ2) is 8.28. The van der Waals surface area contributed by atoms with E-state index in [-0.39, 0.29) is 22.5 Å². The van der Waals surface area contributed by atoms with Gasteiger partial charge in [0.15, 0.2) is 21.5 Å². The van der Waals surface area contributed by atoms with Crippen LogP contribution >= 0.6 is 11.6 Å². The molecule has 2 heterocycles. The third-order valence-corrected chi connectivity index (χ3v) is 8.59. The van der Waals surface area contributed by atoms with Crippen LogP contribution in [0.1, 0.15) is 11.1 Å². The number of sulfone groups is 1. The molecule has 0 bridgehead atoms. The van der Waals surface area contributed by atoms with Crippen molar-refractivity contribution in [3.63, 3.8) is 0 Å². The van der Waals surface area contributed by atoms with Gasteiger partial charge in [0.25, 0.3) is 16.5 Å². The van der Waals surface area contributed by atoms with Crippen LogP contribution in [0.5, 0.6) is 0 Å². The predicted molar refractivity (Wildman–Crippen MR) is 125 cm³/mol. The minimum absolute atomic E-state index is 0.0756. The summed E-state index contributed by atoms with van der Waals surface area (Å²) in [5, 5.41) is 11.1. The third-order valence-electron chi connectivity index (χ3n) is 6.20. The van der Waals surface area contributed by atoms with Crippen LogP contribution in [-0.4, -0.2) is 30.9 Å². The van der Waals surface area contributed by atoms with E-state index in [2.05, 4.69) is 0 Å². The van der Waals surface area contributed by atoms with Gasteiger partial charge in [-0.05, 0) is 42.0 Å². The topological polar surface area (TPSA) is 118 Å². The Morgan fingerprint density at radius 3 is 2.32 bits per heavy atom. The number of halogens is 4. The van der Waals surface area contributed by atoms with E-state index in [4.69, 9.17) is 11.6 Å². The summed E-state index contributed by atoms with van der Waals surface area (Å²) in [6.45, 7) is -0.454. The highest BCUT2D eigenvalue weighted by Gasteiger charge is 2.70. The molecular weight excluding hydrogens is 539 g/mol. The summed E-state index contributed by atoms with van der Waals surface area (Å²) < 4.78 is 68.4. The fourth-order valence-electron chi connectivity index (χ4n) is 4.64. The molecule has 9 nitrogen and oxygen atoms in total. The number of amides is 2. The molecule has 1 fully saturated rings. The van der Waals surface area contributed by atoms with E-state index < -0.39 is 71.9 Å². The second-order valence-corrected chi connectivity index (χ2v) is 10.8. The van der Waals surface area contributed by atoms with E-state index >= 15 is 0 Å². The van der Waals surface area contributed by atoms with Crippen LogP contribution in [0.3, 0.4) is 0 Å². The quantitative estimate of drug-likeness (QED) is 0.359. The van der Waals surface area contributed by atoms with Crippen molar-refractivity contribution < 1.29 is 36.1 Å². The molecule has 1 atom stereocenters. The van der Waals surface area contributed by atoms with E-state index in [0.717, 1.165) is 53.4 Å². The summed E-state index contributed by atoms with van der Waals surface area (Å²) in [7, 11) is -4.71. The summed E-state index contributed by atoms with van der Waals surface area (Å²) in [6.07, 6.45) is 0. The summed E-state index contributed by atoms with van der Waals surface area (Å²) in [6, 6.07) is 8.71. The number of hydrogen-bond acceptors (Lipinski definition) is 6. The van der Waals surface area contributed by atoms with Crippen LogP contribution in [0.15, 0.2) is 54.6 Å². The highest BCUT2D eigenvalue weighted by Crippen LogP contribution is 2.53. The summed E-state index contributed by atoms with van der Waals surface area (Å²) in [5.41, 5.74) is -1.21. The van der Waals surface area contributed by atoms with Crippen molar-refractivity contribution in [2.45, 2.75) is 11.4 Å². The number of fused-ring (bicyclic) bond motifs is 2. The Labute approximate surface area is 211 Å². The van der Waals surface area contributed by atoms with Crippen LogP contribution in [0.2, 0.25) is 5.02 Å². The van der Waals surface area contributed by atoms with E-state index in [0.29, 0.717) is 4.90 Å². The third kappa shape index (κ3) is 3.49. The molecular formula is C23H13ClF3N3O6S. The van der Waals surface area contributed by atoms with Crippen molar-refractivity contribution in [3.8, 4) is 0 Å². The molecule has 2 aliphatic rings. The molecule has 2 amide bonds. The lowest BCUT2D eigenvalue weighted by Crippen LogP contribution is -2.54. The molecule has 0 aliphatic carbocycles. The lowest BCUT2D eigenvalue weighted by Gasteiger charge is -2.32. The van der Waals surface area contributed by atoms with Gasteiger partial charge in [0.2, 0.25) is 5.91 Å². The van der Waals surface area contributed by atoms with Crippen LogP contribution in [0.25, 0.3) is 0 Å². The lowest BCUT2D eigenvalue weighted by molar-refractivity contribution is -0.384. The van der Waals surface area contributed by atoms with Gasteiger partial charge >= 0.3 is 0 Å². The van der Waals surface area contributed by atoms with Gasteiger partial charge in [-0.3, -0.25) is 24.6 Å². The number of carbonyl (C=O) groups is 2. The van der Waals surface area contributed by atoms with E-state index in [1.54, 1.807) is 0 Å². The molecule has 1 spiro atoms. The fraction of sp³-hybridized carbons (Fsp3) is 0.130. The van der Waals surface area contributed by atoms with Crippen LogP contribution in [0.4, 0.5) is 30.2 Å². The second-order valence-electron chi connectivity index (χ2n) is 8.33. The average Bonchev–Trinajstić information content (AvgIpc) is 3.20. The van der Waals surface area contributed by atoms with Gasteiger partial charge in [-0.1, -0.05) is 17.7 Å². The summed E-state index contributed by atoms with van der Waals surface area (Å²) in [4.78, 5) is 36.6. The average molecular weight is 552 g/mol. The van der Waals surface area contributed by atoms with Crippen molar-refractivity contribution in [3.05, 3.63) is 98.3 Å². The minimum Gasteiger partial charge on any atom is -0.304 e. The zero-order valence-electron chi connectivity index (χ0n) is 18.3.